The summed E-state index contributed by atoms with van der Waals surface area (Å²) < 4.78 is 5.29. The van der Waals surface area contributed by atoms with Crippen LogP contribution in [0, 0.1) is 25.2 Å². The molecule has 0 saturated carbocycles. The number of hydrogen-bond donors (Lipinski definition) is 1. The first-order chi connectivity index (χ1) is 12.8. The van der Waals surface area contributed by atoms with Crippen LogP contribution in [0.3, 0.4) is 0 Å². The Labute approximate surface area is 167 Å². The lowest BCUT2D eigenvalue weighted by Crippen LogP contribution is -2.27. The number of amides is 1. The van der Waals surface area contributed by atoms with Crippen LogP contribution in [0.5, 0.6) is 0 Å². The maximum absolute atomic E-state index is 12.5. The van der Waals surface area contributed by atoms with Crippen LogP contribution in [0.4, 0.5) is 10.5 Å². The van der Waals surface area contributed by atoms with Gasteiger partial charge in [-0.1, -0.05) is 0 Å². The molecule has 1 amide bonds. The van der Waals surface area contributed by atoms with Gasteiger partial charge < -0.3 is 9.64 Å². The summed E-state index contributed by atoms with van der Waals surface area (Å²) in [6, 6.07) is 5.67. The number of Topliss-reactive ketones (excluding diaryl/α,β-unsaturated/α-hetero) is 1. The number of allylic oxidation sites excluding steroid dienone is 2. The summed E-state index contributed by atoms with van der Waals surface area (Å²) in [7, 11) is 3.52. The van der Waals surface area contributed by atoms with E-state index in [-0.39, 0.29) is 11.4 Å². The summed E-state index contributed by atoms with van der Waals surface area (Å²) in [6.07, 6.45) is 2.74. The molecule has 0 aliphatic rings. The van der Waals surface area contributed by atoms with Crippen LogP contribution in [0.1, 0.15) is 44.4 Å². The van der Waals surface area contributed by atoms with E-state index in [9.17, 15) is 14.9 Å². The largest absolute Gasteiger partial charge is 0.444 e. The third-order valence-corrected chi connectivity index (χ3v) is 3.73. The molecule has 0 heterocycles. The van der Waals surface area contributed by atoms with Crippen LogP contribution in [-0.2, 0) is 9.53 Å². The van der Waals surface area contributed by atoms with Gasteiger partial charge in [-0.05, 0) is 82.0 Å². The fraction of sp³-hybridized carbons (Fsp3) is 0.409. The lowest BCUT2D eigenvalue weighted by Gasteiger charge is -2.20. The number of nitrogens with one attached hydrogen (secondary N) is 1. The SMILES string of the molecule is C/C(=C\c1cc(C)c(NC(=O)OC(C)(C)C)cc1C)C(=O)/C(C#N)=C/N(C)C. The maximum atomic E-state index is 12.5. The highest BCUT2D eigenvalue weighted by Crippen LogP contribution is 2.24. The first-order valence-electron chi connectivity index (χ1n) is 8.96. The third kappa shape index (κ3) is 6.92. The molecular weight excluding hydrogens is 354 g/mol. The molecule has 0 unspecified atom stereocenters. The molecule has 28 heavy (non-hydrogen) atoms. The number of carbonyl (C=O) groups excluding carboxylic acids is 2. The van der Waals surface area contributed by atoms with Gasteiger partial charge in [-0.2, -0.15) is 5.26 Å². The Morgan fingerprint density at radius 3 is 2.29 bits per heavy atom. The topological polar surface area (TPSA) is 82.4 Å². The van der Waals surface area contributed by atoms with Crippen LogP contribution in [0.15, 0.2) is 29.5 Å². The van der Waals surface area contributed by atoms with E-state index >= 15 is 0 Å². The van der Waals surface area contributed by atoms with Crippen molar-refractivity contribution in [2.24, 2.45) is 0 Å². The Bertz CT molecular complexity index is 866. The predicted molar refractivity (Wildman–Crippen MR) is 112 cm³/mol. The van der Waals surface area contributed by atoms with Gasteiger partial charge in [-0.3, -0.25) is 10.1 Å². The van der Waals surface area contributed by atoms with E-state index in [0.717, 1.165) is 16.7 Å². The van der Waals surface area contributed by atoms with E-state index in [2.05, 4.69) is 5.32 Å². The second-order valence-electron chi connectivity index (χ2n) is 7.93. The number of aryl methyl sites for hydroxylation is 2. The first-order valence-corrected chi connectivity index (χ1v) is 8.96. The van der Waals surface area contributed by atoms with Crippen molar-refractivity contribution in [1.82, 2.24) is 4.90 Å². The Kier molecular flexibility index (Phi) is 7.57. The van der Waals surface area contributed by atoms with Crippen molar-refractivity contribution in [3.8, 4) is 6.07 Å². The van der Waals surface area contributed by atoms with E-state index in [4.69, 9.17) is 4.74 Å². The molecule has 150 valence electrons. The van der Waals surface area contributed by atoms with Crippen molar-refractivity contribution in [1.29, 1.82) is 5.26 Å². The molecule has 0 spiro atoms. The molecule has 0 aromatic heterocycles. The number of carbonyl (C=O) groups is 2. The van der Waals surface area contributed by atoms with Gasteiger partial charge >= 0.3 is 6.09 Å². The second kappa shape index (κ2) is 9.23. The van der Waals surface area contributed by atoms with Gasteiger partial charge in [-0.15, -0.1) is 0 Å². The number of hydrogen-bond acceptors (Lipinski definition) is 5. The van der Waals surface area contributed by atoms with Gasteiger partial charge in [0.1, 0.15) is 17.2 Å². The number of anilines is 1. The van der Waals surface area contributed by atoms with E-state index < -0.39 is 11.7 Å². The third-order valence-electron chi connectivity index (χ3n) is 3.73. The predicted octanol–water partition coefficient (Wildman–Crippen LogP) is 4.59. The fourth-order valence-corrected chi connectivity index (χ4v) is 2.45. The van der Waals surface area contributed by atoms with Crippen molar-refractivity contribution in [3.05, 3.63) is 46.2 Å². The molecule has 0 radical (unpaired) electrons. The molecule has 0 aliphatic heterocycles. The summed E-state index contributed by atoms with van der Waals surface area (Å²) in [5.74, 6) is -0.316. The van der Waals surface area contributed by atoms with Crippen molar-refractivity contribution >= 4 is 23.6 Å². The van der Waals surface area contributed by atoms with Gasteiger partial charge in [0.2, 0.25) is 5.78 Å². The molecule has 0 aliphatic carbocycles. The normalized spacial score (nSPS) is 12.2. The highest BCUT2D eigenvalue weighted by molar-refractivity contribution is 6.12. The summed E-state index contributed by atoms with van der Waals surface area (Å²) in [5.41, 5.74) is 3.19. The number of ether oxygens (including phenoxy) is 1. The van der Waals surface area contributed by atoms with Crippen molar-refractivity contribution in [3.63, 3.8) is 0 Å². The maximum Gasteiger partial charge on any atom is 0.412 e. The molecule has 0 saturated heterocycles. The minimum atomic E-state index is -0.578. The van der Waals surface area contributed by atoms with Crippen LogP contribution in [0.2, 0.25) is 0 Å². The Morgan fingerprint density at radius 1 is 1.18 bits per heavy atom. The van der Waals surface area contributed by atoms with E-state index in [1.54, 1.807) is 52.8 Å². The van der Waals surface area contributed by atoms with Gasteiger partial charge in [0, 0.05) is 26.0 Å². The average Bonchev–Trinajstić information content (AvgIpc) is 2.54. The summed E-state index contributed by atoms with van der Waals surface area (Å²) >= 11 is 0. The average molecular weight is 383 g/mol. The van der Waals surface area contributed by atoms with Crippen LogP contribution < -0.4 is 5.32 Å². The Balaban J connectivity index is 3.13. The zero-order chi connectivity index (χ0) is 21.6. The van der Waals surface area contributed by atoms with Gasteiger partial charge in [0.05, 0.1) is 0 Å². The number of nitrogens with zero attached hydrogens (tertiary/aromatic N) is 2. The summed E-state index contributed by atoms with van der Waals surface area (Å²) in [4.78, 5) is 26.2. The van der Waals surface area contributed by atoms with Gasteiger partial charge in [0.25, 0.3) is 0 Å². The van der Waals surface area contributed by atoms with Crippen LogP contribution in [-0.4, -0.2) is 36.5 Å². The smallest absolute Gasteiger partial charge is 0.412 e. The summed E-state index contributed by atoms with van der Waals surface area (Å²) in [5, 5.41) is 12.0. The van der Waals surface area contributed by atoms with Crippen LogP contribution in [0.25, 0.3) is 6.08 Å². The fourth-order valence-electron chi connectivity index (χ4n) is 2.45. The molecule has 0 fully saturated rings. The zero-order valence-corrected chi connectivity index (χ0v) is 17.9. The molecule has 6 heteroatoms. The molecular formula is C22H29N3O3. The highest BCUT2D eigenvalue weighted by atomic mass is 16.6. The van der Waals surface area contributed by atoms with Crippen molar-refractivity contribution < 1.29 is 14.3 Å². The molecule has 1 rings (SSSR count). The lowest BCUT2D eigenvalue weighted by atomic mass is 9.98. The molecule has 0 bridgehead atoms. The monoisotopic (exact) mass is 383 g/mol. The Morgan fingerprint density at radius 2 is 1.79 bits per heavy atom. The van der Waals surface area contributed by atoms with Crippen molar-refractivity contribution in [2.75, 3.05) is 19.4 Å². The van der Waals surface area contributed by atoms with Gasteiger partial charge in [0.15, 0.2) is 0 Å². The minimum Gasteiger partial charge on any atom is -0.444 e. The minimum absolute atomic E-state index is 0.0799. The zero-order valence-electron chi connectivity index (χ0n) is 17.9. The molecule has 6 nitrogen and oxygen atoms in total. The summed E-state index contributed by atoms with van der Waals surface area (Å²) in [6.45, 7) is 10.9. The van der Waals surface area contributed by atoms with E-state index in [1.165, 1.54) is 6.20 Å². The van der Waals surface area contributed by atoms with Gasteiger partial charge in [-0.25, -0.2) is 4.79 Å². The number of benzene rings is 1. The molecule has 0 atom stereocenters. The quantitative estimate of drug-likeness (QED) is 0.594. The lowest BCUT2D eigenvalue weighted by molar-refractivity contribution is -0.111. The van der Waals surface area contributed by atoms with E-state index in [0.29, 0.717) is 11.3 Å². The number of ketones is 1. The second-order valence-corrected chi connectivity index (χ2v) is 7.93. The first kappa shape index (κ1) is 23.0. The van der Waals surface area contributed by atoms with Crippen LogP contribution >= 0.6 is 0 Å². The number of rotatable bonds is 5. The molecule has 1 aromatic rings. The standard InChI is InChI=1S/C22H29N3O3/c1-14-11-19(24-21(27)28-22(4,5)6)15(2)9-17(14)10-16(3)20(26)18(12-23)13-25(7)8/h9-11,13H,1-8H3,(H,24,27)/b16-10+,18-13+. The molecule has 1 aromatic carbocycles. The van der Waals surface area contributed by atoms with Crippen molar-refractivity contribution in [2.45, 2.75) is 47.1 Å². The highest BCUT2D eigenvalue weighted by Gasteiger charge is 2.17. The number of nitriles is 1. The van der Waals surface area contributed by atoms with E-state index in [1.807, 2.05) is 32.0 Å². The Hall–Kier alpha value is -3.07. The molecule has 1 N–H and O–H groups in total.